The van der Waals surface area contributed by atoms with Crippen molar-refractivity contribution < 1.29 is 14.2 Å². The molecule has 2 unspecified atom stereocenters. The monoisotopic (exact) mass is 242 g/mol. The molecule has 1 N–H and O–H groups in total. The molecule has 1 aliphatic heterocycles. The van der Waals surface area contributed by atoms with Crippen LogP contribution in [0.1, 0.15) is 6.42 Å². The second-order valence-corrected chi connectivity index (χ2v) is 5.11. The van der Waals surface area contributed by atoms with E-state index in [9.17, 15) is 9.50 Å². The van der Waals surface area contributed by atoms with Gasteiger partial charge in [0, 0.05) is 6.07 Å². The first-order valence-electron chi connectivity index (χ1n) is 5.40. The number of aliphatic hydroxyl groups excluding tert-OH is 1. The van der Waals surface area contributed by atoms with Gasteiger partial charge in [-0.1, -0.05) is 6.07 Å². The van der Waals surface area contributed by atoms with Crippen LogP contribution in [0, 0.1) is 11.7 Å². The molecule has 0 aromatic heterocycles. The van der Waals surface area contributed by atoms with E-state index in [4.69, 9.17) is 4.74 Å². The molecule has 2 rings (SSSR count). The van der Waals surface area contributed by atoms with Crippen LogP contribution in [-0.4, -0.2) is 29.3 Å². The van der Waals surface area contributed by atoms with Crippen molar-refractivity contribution in [3.8, 4) is 5.75 Å². The zero-order valence-electron chi connectivity index (χ0n) is 8.93. The molecule has 0 spiro atoms. The average Bonchev–Trinajstić information content (AvgIpc) is 2.79. The van der Waals surface area contributed by atoms with Crippen molar-refractivity contribution in [2.75, 3.05) is 18.1 Å². The molecule has 1 aliphatic rings. The van der Waals surface area contributed by atoms with Gasteiger partial charge in [-0.3, -0.25) is 0 Å². The Bertz CT molecular complexity index is 340. The predicted molar refractivity (Wildman–Crippen MR) is 63.3 cm³/mol. The minimum atomic E-state index is -0.446. The van der Waals surface area contributed by atoms with Gasteiger partial charge >= 0.3 is 0 Å². The molecule has 1 saturated heterocycles. The zero-order chi connectivity index (χ0) is 11.4. The van der Waals surface area contributed by atoms with Crippen LogP contribution < -0.4 is 4.74 Å². The van der Waals surface area contributed by atoms with Crippen LogP contribution >= 0.6 is 11.8 Å². The molecule has 0 bridgehead atoms. The molecular formula is C12H15FO2S. The maximum Gasteiger partial charge on any atom is 0.126 e. The first-order valence-corrected chi connectivity index (χ1v) is 6.55. The summed E-state index contributed by atoms with van der Waals surface area (Å²) < 4.78 is 18.2. The Balaban J connectivity index is 1.82. The number of thioether (sulfide) groups is 1. The van der Waals surface area contributed by atoms with Crippen LogP contribution in [0.25, 0.3) is 0 Å². The van der Waals surface area contributed by atoms with Gasteiger partial charge in [-0.2, -0.15) is 11.8 Å². The van der Waals surface area contributed by atoms with E-state index in [1.807, 2.05) is 11.8 Å². The molecule has 2 nitrogen and oxygen atoms in total. The van der Waals surface area contributed by atoms with Crippen molar-refractivity contribution in [3.05, 3.63) is 30.1 Å². The van der Waals surface area contributed by atoms with E-state index in [-0.39, 0.29) is 12.4 Å². The number of benzene rings is 1. The van der Waals surface area contributed by atoms with Crippen LogP contribution in [0.3, 0.4) is 0 Å². The van der Waals surface area contributed by atoms with Crippen molar-refractivity contribution in [2.45, 2.75) is 12.5 Å². The molecule has 4 heteroatoms. The second-order valence-electron chi connectivity index (χ2n) is 3.96. The molecule has 0 saturated carbocycles. The predicted octanol–water partition coefficient (Wildman–Crippen LogP) is 2.32. The lowest BCUT2D eigenvalue weighted by atomic mass is 10.0. The van der Waals surface area contributed by atoms with Gasteiger partial charge in [-0.25, -0.2) is 4.39 Å². The lowest BCUT2D eigenvalue weighted by molar-refractivity contribution is 0.0661. The maximum atomic E-state index is 12.8. The highest BCUT2D eigenvalue weighted by atomic mass is 32.2. The number of rotatable bonds is 4. The van der Waals surface area contributed by atoms with Crippen molar-refractivity contribution in [3.63, 3.8) is 0 Å². The zero-order valence-corrected chi connectivity index (χ0v) is 9.75. The summed E-state index contributed by atoms with van der Waals surface area (Å²) in [5.74, 6) is 2.58. The van der Waals surface area contributed by atoms with Gasteiger partial charge in [0.25, 0.3) is 0 Å². The lowest BCUT2D eigenvalue weighted by Gasteiger charge is -2.17. The Morgan fingerprint density at radius 1 is 1.56 bits per heavy atom. The van der Waals surface area contributed by atoms with E-state index >= 15 is 0 Å². The first kappa shape index (κ1) is 11.7. The topological polar surface area (TPSA) is 29.5 Å². The van der Waals surface area contributed by atoms with Gasteiger partial charge in [0.05, 0.1) is 6.10 Å². The number of aliphatic hydroxyl groups is 1. The minimum Gasteiger partial charge on any atom is -0.491 e. The summed E-state index contributed by atoms with van der Waals surface area (Å²) in [6.45, 7) is 0.245. The Hall–Kier alpha value is -0.740. The number of hydrogen-bond acceptors (Lipinski definition) is 3. The number of ether oxygens (including phenoxy) is 1. The molecule has 1 aromatic rings. The van der Waals surface area contributed by atoms with Crippen LogP contribution in [0.5, 0.6) is 5.75 Å². The minimum absolute atomic E-state index is 0.245. The quantitative estimate of drug-likeness (QED) is 0.878. The fourth-order valence-electron chi connectivity index (χ4n) is 1.73. The summed E-state index contributed by atoms with van der Waals surface area (Å²) in [6, 6.07) is 5.99. The van der Waals surface area contributed by atoms with Gasteiger partial charge in [0.2, 0.25) is 0 Å². The summed E-state index contributed by atoms with van der Waals surface area (Å²) in [6.07, 6.45) is 0.594. The third-order valence-corrected chi connectivity index (χ3v) is 3.91. The molecule has 1 aromatic carbocycles. The lowest BCUT2D eigenvalue weighted by Crippen LogP contribution is -2.27. The highest BCUT2D eigenvalue weighted by Gasteiger charge is 2.23. The molecule has 2 atom stereocenters. The van der Waals surface area contributed by atoms with Crippen molar-refractivity contribution in [1.82, 2.24) is 0 Å². The van der Waals surface area contributed by atoms with Gasteiger partial charge in [-0.05, 0) is 36.0 Å². The van der Waals surface area contributed by atoms with Gasteiger partial charge < -0.3 is 9.84 Å². The highest BCUT2D eigenvalue weighted by Crippen LogP contribution is 2.26. The van der Waals surface area contributed by atoms with Crippen LogP contribution in [0.15, 0.2) is 24.3 Å². The Morgan fingerprint density at radius 2 is 2.44 bits per heavy atom. The van der Waals surface area contributed by atoms with Crippen molar-refractivity contribution >= 4 is 11.8 Å². The number of hydrogen-bond donors (Lipinski definition) is 1. The Morgan fingerprint density at radius 3 is 3.12 bits per heavy atom. The van der Waals surface area contributed by atoms with E-state index in [2.05, 4.69) is 0 Å². The molecular weight excluding hydrogens is 227 g/mol. The second kappa shape index (κ2) is 5.55. The molecule has 88 valence electrons. The third-order valence-electron chi connectivity index (χ3n) is 2.73. The summed E-state index contributed by atoms with van der Waals surface area (Å²) >= 11 is 1.86. The van der Waals surface area contributed by atoms with Crippen LogP contribution in [0.2, 0.25) is 0 Å². The van der Waals surface area contributed by atoms with E-state index in [0.717, 1.165) is 17.9 Å². The largest absolute Gasteiger partial charge is 0.491 e. The summed E-state index contributed by atoms with van der Waals surface area (Å²) in [7, 11) is 0. The molecule has 0 radical (unpaired) electrons. The average molecular weight is 242 g/mol. The van der Waals surface area contributed by atoms with E-state index in [1.54, 1.807) is 12.1 Å². The molecule has 1 heterocycles. The molecule has 16 heavy (non-hydrogen) atoms. The molecule has 0 amide bonds. The first-order chi connectivity index (χ1) is 7.75. The van der Waals surface area contributed by atoms with E-state index in [0.29, 0.717) is 11.7 Å². The smallest absolute Gasteiger partial charge is 0.126 e. The van der Waals surface area contributed by atoms with E-state index in [1.165, 1.54) is 12.1 Å². The van der Waals surface area contributed by atoms with Gasteiger partial charge in [0.1, 0.15) is 18.2 Å². The Labute approximate surface area is 98.8 Å². The van der Waals surface area contributed by atoms with E-state index < -0.39 is 6.10 Å². The van der Waals surface area contributed by atoms with Crippen molar-refractivity contribution in [1.29, 1.82) is 0 Å². The van der Waals surface area contributed by atoms with Crippen LogP contribution in [-0.2, 0) is 0 Å². The maximum absolute atomic E-state index is 12.8. The van der Waals surface area contributed by atoms with Gasteiger partial charge in [-0.15, -0.1) is 0 Å². The summed E-state index contributed by atoms with van der Waals surface area (Å²) in [5.41, 5.74) is 0. The standard InChI is InChI=1S/C12H15FO2S/c13-10-2-1-3-11(6-10)15-7-12(14)9-4-5-16-8-9/h1-3,6,9,12,14H,4-5,7-8H2. The highest BCUT2D eigenvalue weighted by molar-refractivity contribution is 7.99. The van der Waals surface area contributed by atoms with Crippen molar-refractivity contribution in [2.24, 2.45) is 5.92 Å². The SMILES string of the molecule is OC(COc1cccc(F)c1)C1CCSC1. The summed E-state index contributed by atoms with van der Waals surface area (Å²) in [4.78, 5) is 0. The fraction of sp³-hybridized carbons (Fsp3) is 0.500. The summed E-state index contributed by atoms with van der Waals surface area (Å²) in [5, 5.41) is 9.85. The van der Waals surface area contributed by atoms with Crippen LogP contribution in [0.4, 0.5) is 4.39 Å². The normalized spacial score (nSPS) is 22.0. The molecule has 1 fully saturated rings. The van der Waals surface area contributed by atoms with Gasteiger partial charge in [0.15, 0.2) is 0 Å². The Kier molecular flexibility index (Phi) is 4.07. The third kappa shape index (κ3) is 3.12. The molecule has 0 aliphatic carbocycles. The fourth-order valence-corrected chi connectivity index (χ4v) is 3.06. The number of halogens is 1.